The molecule has 5 heteroatoms. The zero-order chi connectivity index (χ0) is 13.4. The second-order valence-electron chi connectivity index (χ2n) is 5.57. The van der Waals surface area contributed by atoms with Crippen LogP contribution >= 0.6 is 17.0 Å². The average molecular weight is 335 g/mol. The van der Waals surface area contributed by atoms with E-state index in [0.717, 1.165) is 38.6 Å². The molecular weight excluding hydrogens is 304 g/mol. The molecule has 0 saturated heterocycles. The van der Waals surface area contributed by atoms with E-state index in [0.29, 0.717) is 12.1 Å². The fraction of sp³-hybridized carbons (Fsp3) is 0.929. The monoisotopic (exact) mass is 334 g/mol. The summed E-state index contributed by atoms with van der Waals surface area (Å²) in [6.45, 7) is 13.2. The van der Waals surface area contributed by atoms with Crippen molar-refractivity contribution in [2.45, 2.75) is 59.0 Å². The van der Waals surface area contributed by atoms with E-state index in [1.54, 1.807) is 0 Å². The van der Waals surface area contributed by atoms with Gasteiger partial charge in [0.05, 0.1) is 0 Å². The van der Waals surface area contributed by atoms with Gasteiger partial charge < -0.3 is 10.6 Å². The van der Waals surface area contributed by atoms with Crippen molar-refractivity contribution in [3.05, 3.63) is 0 Å². The number of halogens is 1. The van der Waals surface area contributed by atoms with E-state index in [-0.39, 0.29) is 17.0 Å². The highest BCUT2D eigenvalue weighted by atomic mass is 79.9. The molecule has 0 aromatic carbocycles. The van der Waals surface area contributed by atoms with Crippen LogP contribution in [0.2, 0.25) is 0 Å². The lowest BCUT2D eigenvalue weighted by Gasteiger charge is -2.30. The molecule has 1 rings (SSSR count). The highest BCUT2D eigenvalue weighted by Gasteiger charge is 2.12. The molecule has 0 fully saturated rings. The first-order chi connectivity index (χ1) is 8.61. The molecule has 4 nitrogen and oxygen atoms in total. The number of nitrogens with one attached hydrogen (secondary N) is 2. The molecule has 1 aliphatic heterocycles. The highest BCUT2D eigenvalue weighted by molar-refractivity contribution is 8.93. The lowest BCUT2D eigenvalue weighted by atomic mass is 10.2. The molecule has 0 radical (unpaired) electrons. The van der Waals surface area contributed by atoms with Crippen LogP contribution in [0.3, 0.4) is 0 Å². The van der Waals surface area contributed by atoms with Crippen molar-refractivity contribution < 1.29 is 0 Å². The Bertz CT molecular complexity index is 246. The first-order valence-electron chi connectivity index (χ1n) is 7.39. The van der Waals surface area contributed by atoms with Crippen molar-refractivity contribution >= 4 is 22.9 Å². The number of guanidine groups is 1. The molecular formula is C14H31BrN4. The van der Waals surface area contributed by atoms with Crippen LogP contribution < -0.4 is 10.6 Å². The average Bonchev–Trinajstić information content (AvgIpc) is 2.56. The van der Waals surface area contributed by atoms with Crippen LogP contribution in [-0.2, 0) is 0 Å². The van der Waals surface area contributed by atoms with Crippen LogP contribution in [0.5, 0.6) is 0 Å². The summed E-state index contributed by atoms with van der Waals surface area (Å²) in [4.78, 5) is 7.02. The van der Waals surface area contributed by atoms with Gasteiger partial charge >= 0.3 is 0 Å². The Balaban J connectivity index is 0.00000324. The van der Waals surface area contributed by atoms with E-state index in [2.05, 4.69) is 48.2 Å². The van der Waals surface area contributed by atoms with E-state index in [4.69, 9.17) is 0 Å². The predicted octanol–water partition coefficient (Wildman–Crippen LogP) is 2.40. The summed E-state index contributed by atoms with van der Waals surface area (Å²) >= 11 is 0. The van der Waals surface area contributed by atoms with Crippen molar-refractivity contribution in [2.75, 3.05) is 26.2 Å². The Hall–Kier alpha value is -0.290. The third kappa shape index (κ3) is 7.78. The number of hydrogen-bond donors (Lipinski definition) is 2. The van der Waals surface area contributed by atoms with Gasteiger partial charge in [0, 0.05) is 38.3 Å². The zero-order valence-corrected chi connectivity index (χ0v) is 14.6. The van der Waals surface area contributed by atoms with Gasteiger partial charge in [-0.1, -0.05) is 0 Å². The zero-order valence-electron chi connectivity index (χ0n) is 12.9. The van der Waals surface area contributed by atoms with E-state index in [1.807, 2.05) is 0 Å². The molecule has 0 aromatic rings. The van der Waals surface area contributed by atoms with Gasteiger partial charge in [-0.2, -0.15) is 0 Å². The van der Waals surface area contributed by atoms with E-state index < -0.39 is 0 Å². The van der Waals surface area contributed by atoms with Gasteiger partial charge in [-0.05, 0) is 47.0 Å². The van der Waals surface area contributed by atoms with E-state index in [1.165, 1.54) is 12.8 Å². The molecule has 0 saturated carbocycles. The summed E-state index contributed by atoms with van der Waals surface area (Å²) in [6.07, 6.45) is 3.59. The SMILES string of the molecule is Br.CC(C)N(CCCNC1=NCCCCN1)C(C)C. The van der Waals surface area contributed by atoms with Gasteiger partial charge in [0.15, 0.2) is 5.96 Å². The number of nitrogens with zero attached hydrogens (tertiary/aromatic N) is 2. The van der Waals surface area contributed by atoms with Crippen LogP contribution in [0.4, 0.5) is 0 Å². The molecule has 0 spiro atoms. The lowest BCUT2D eigenvalue weighted by Crippen LogP contribution is -2.41. The maximum atomic E-state index is 4.49. The summed E-state index contributed by atoms with van der Waals surface area (Å²) in [7, 11) is 0. The molecule has 114 valence electrons. The molecule has 0 aliphatic carbocycles. The summed E-state index contributed by atoms with van der Waals surface area (Å²) in [5, 5.41) is 6.75. The third-order valence-corrected chi connectivity index (χ3v) is 3.36. The summed E-state index contributed by atoms with van der Waals surface area (Å²) < 4.78 is 0. The van der Waals surface area contributed by atoms with Gasteiger partial charge in [-0.15, -0.1) is 17.0 Å². The molecule has 0 unspecified atom stereocenters. The van der Waals surface area contributed by atoms with Crippen LogP contribution in [-0.4, -0.2) is 49.1 Å². The van der Waals surface area contributed by atoms with Crippen molar-refractivity contribution in [3.63, 3.8) is 0 Å². The molecule has 1 aliphatic rings. The fourth-order valence-corrected chi connectivity index (χ4v) is 2.39. The second-order valence-corrected chi connectivity index (χ2v) is 5.57. The van der Waals surface area contributed by atoms with Gasteiger partial charge in [-0.25, -0.2) is 0 Å². The largest absolute Gasteiger partial charge is 0.356 e. The standard InChI is InChI=1S/C14H30N4.BrH/c1-12(2)18(13(3)4)11-7-10-17-14-15-8-5-6-9-16-14;/h12-13H,5-11H2,1-4H3,(H2,15,16,17);1H. The summed E-state index contributed by atoms with van der Waals surface area (Å²) in [5.74, 6) is 0.994. The van der Waals surface area contributed by atoms with Crippen LogP contribution in [0, 0.1) is 0 Å². The Morgan fingerprint density at radius 3 is 2.53 bits per heavy atom. The Kier molecular flexibility index (Phi) is 10.3. The quantitative estimate of drug-likeness (QED) is 0.732. The molecule has 0 bridgehead atoms. The topological polar surface area (TPSA) is 39.7 Å². The Morgan fingerprint density at radius 2 is 1.89 bits per heavy atom. The normalized spacial score (nSPS) is 15.8. The number of hydrogen-bond acceptors (Lipinski definition) is 4. The summed E-state index contributed by atoms with van der Waals surface area (Å²) in [6, 6.07) is 1.25. The third-order valence-electron chi connectivity index (χ3n) is 3.36. The maximum Gasteiger partial charge on any atom is 0.191 e. The van der Waals surface area contributed by atoms with Gasteiger partial charge in [0.1, 0.15) is 0 Å². The highest BCUT2D eigenvalue weighted by Crippen LogP contribution is 2.05. The molecule has 0 aromatic heterocycles. The smallest absolute Gasteiger partial charge is 0.191 e. The minimum Gasteiger partial charge on any atom is -0.356 e. The van der Waals surface area contributed by atoms with Crippen molar-refractivity contribution in [1.29, 1.82) is 0 Å². The van der Waals surface area contributed by atoms with Crippen molar-refractivity contribution in [1.82, 2.24) is 15.5 Å². The van der Waals surface area contributed by atoms with E-state index in [9.17, 15) is 0 Å². The second kappa shape index (κ2) is 10.5. The Labute approximate surface area is 129 Å². The first-order valence-corrected chi connectivity index (χ1v) is 7.39. The van der Waals surface area contributed by atoms with Crippen LogP contribution in [0.25, 0.3) is 0 Å². The minimum absolute atomic E-state index is 0. The molecule has 19 heavy (non-hydrogen) atoms. The molecule has 1 heterocycles. The minimum atomic E-state index is 0. The molecule has 2 N–H and O–H groups in total. The molecule has 0 atom stereocenters. The fourth-order valence-electron chi connectivity index (χ4n) is 2.39. The van der Waals surface area contributed by atoms with E-state index >= 15 is 0 Å². The van der Waals surface area contributed by atoms with Gasteiger partial charge in [0.2, 0.25) is 0 Å². The predicted molar refractivity (Wildman–Crippen MR) is 89.5 cm³/mol. The van der Waals surface area contributed by atoms with Crippen molar-refractivity contribution in [2.24, 2.45) is 4.99 Å². The van der Waals surface area contributed by atoms with Crippen LogP contribution in [0.1, 0.15) is 47.0 Å². The van der Waals surface area contributed by atoms with Gasteiger partial charge in [0.25, 0.3) is 0 Å². The molecule has 0 amide bonds. The number of aliphatic imine (C=N–C) groups is 1. The first kappa shape index (κ1) is 18.7. The number of rotatable bonds is 6. The van der Waals surface area contributed by atoms with Crippen LogP contribution in [0.15, 0.2) is 4.99 Å². The summed E-state index contributed by atoms with van der Waals surface area (Å²) in [5.41, 5.74) is 0. The van der Waals surface area contributed by atoms with Gasteiger partial charge in [-0.3, -0.25) is 9.89 Å². The Morgan fingerprint density at radius 1 is 1.21 bits per heavy atom. The lowest BCUT2D eigenvalue weighted by molar-refractivity contribution is 0.173. The maximum absolute atomic E-state index is 4.49. The van der Waals surface area contributed by atoms with Crippen molar-refractivity contribution in [3.8, 4) is 0 Å².